The zero-order valence-corrected chi connectivity index (χ0v) is 20.3. The molecule has 0 aliphatic heterocycles. The smallest absolute Gasteiger partial charge is 0.234 e. The Morgan fingerprint density at radius 3 is 2.70 bits per heavy atom. The van der Waals surface area contributed by atoms with Gasteiger partial charge in [0.05, 0.1) is 30.7 Å². The van der Waals surface area contributed by atoms with Gasteiger partial charge < -0.3 is 19.5 Å². The fraction of sp³-hybridized carbons (Fsp3) is 0.227. The van der Waals surface area contributed by atoms with E-state index in [9.17, 15) is 4.79 Å². The molecule has 33 heavy (non-hydrogen) atoms. The first-order valence-electron chi connectivity index (χ1n) is 9.70. The molecule has 1 N–H and O–H groups in total. The minimum atomic E-state index is -0.233. The van der Waals surface area contributed by atoms with Crippen LogP contribution in [0, 0.1) is 0 Å². The number of anilines is 1. The molecule has 3 aromatic rings. The Bertz CT molecular complexity index is 1140. The Morgan fingerprint density at radius 1 is 1.15 bits per heavy atom. The summed E-state index contributed by atoms with van der Waals surface area (Å²) in [5.41, 5.74) is 0.516. The number of nitrogens with zero attached hydrogens (tertiary/aromatic N) is 3. The molecule has 0 atom stereocenters. The van der Waals surface area contributed by atoms with E-state index in [2.05, 4.69) is 22.1 Å². The third-order valence-electron chi connectivity index (χ3n) is 4.37. The number of hydrogen-bond acceptors (Lipinski definition) is 7. The quantitative estimate of drug-likeness (QED) is 0.284. The summed E-state index contributed by atoms with van der Waals surface area (Å²) in [7, 11) is 3.08. The molecule has 0 bridgehead atoms. The average molecular weight is 509 g/mol. The number of carbonyl (C=O) groups excluding carboxylic acids is 1. The number of amides is 1. The molecule has 8 nitrogen and oxygen atoms in total. The molecule has 11 heteroatoms. The van der Waals surface area contributed by atoms with Gasteiger partial charge in [-0.05, 0) is 24.3 Å². The van der Waals surface area contributed by atoms with Gasteiger partial charge in [0.1, 0.15) is 23.9 Å². The van der Waals surface area contributed by atoms with Crippen LogP contribution in [0.1, 0.15) is 5.82 Å². The number of methoxy groups -OCH3 is 2. The molecule has 0 aliphatic carbocycles. The highest BCUT2D eigenvalue weighted by Crippen LogP contribution is 2.30. The second-order valence-corrected chi connectivity index (χ2v) is 8.35. The van der Waals surface area contributed by atoms with Gasteiger partial charge in [0.2, 0.25) is 5.91 Å². The Balaban J connectivity index is 1.66. The van der Waals surface area contributed by atoms with E-state index >= 15 is 0 Å². The van der Waals surface area contributed by atoms with Crippen molar-refractivity contribution in [1.29, 1.82) is 0 Å². The number of allylic oxidation sites excluding steroid dienone is 1. The van der Waals surface area contributed by atoms with E-state index in [1.165, 1.54) is 18.9 Å². The topological polar surface area (TPSA) is 87.5 Å². The number of rotatable bonds is 11. The summed E-state index contributed by atoms with van der Waals surface area (Å²) in [6, 6.07) is 10.1. The zero-order valence-electron chi connectivity index (χ0n) is 18.0. The largest absolute Gasteiger partial charge is 0.497 e. The van der Waals surface area contributed by atoms with Crippen molar-refractivity contribution in [3.8, 4) is 17.2 Å². The molecule has 1 heterocycles. The van der Waals surface area contributed by atoms with Crippen molar-refractivity contribution in [3.05, 3.63) is 64.9 Å². The third kappa shape index (κ3) is 6.56. The number of aromatic nitrogens is 3. The van der Waals surface area contributed by atoms with Crippen molar-refractivity contribution in [2.75, 3.05) is 25.3 Å². The normalized spacial score (nSPS) is 10.5. The molecular formula is C22H22Cl2N4O4S. The minimum absolute atomic E-state index is 0.108. The van der Waals surface area contributed by atoms with E-state index in [4.69, 9.17) is 37.4 Å². The van der Waals surface area contributed by atoms with Crippen molar-refractivity contribution in [2.45, 2.75) is 18.3 Å². The number of ether oxygens (including phenoxy) is 3. The second-order valence-electron chi connectivity index (χ2n) is 6.56. The minimum Gasteiger partial charge on any atom is -0.497 e. The van der Waals surface area contributed by atoms with Crippen molar-refractivity contribution in [3.63, 3.8) is 0 Å². The van der Waals surface area contributed by atoms with Crippen molar-refractivity contribution in [1.82, 2.24) is 14.8 Å². The number of halogens is 2. The highest BCUT2D eigenvalue weighted by molar-refractivity contribution is 7.99. The summed E-state index contributed by atoms with van der Waals surface area (Å²) < 4.78 is 18.1. The molecular weight excluding hydrogens is 487 g/mol. The van der Waals surface area contributed by atoms with Crippen LogP contribution < -0.4 is 19.5 Å². The first kappa shape index (κ1) is 24.8. The summed E-state index contributed by atoms with van der Waals surface area (Å²) in [5.74, 6) is 2.01. The molecule has 174 valence electrons. The maximum absolute atomic E-state index is 12.6. The number of benzene rings is 2. The lowest BCUT2D eigenvalue weighted by atomic mass is 10.2. The molecule has 0 aliphatic rings. The fourth-order valence-electron chi connectivity index (χ4n) is 2.80. The van der Waals surface area contributed by atoms with Gasteiger partial charge in [0.15, 0.2) is 11.0 Å². The van der Waals surface area contributed by atoms with Crippen LogP contribution in [0.5, 0.6) is 17.2 Å². The molecule has 0 unspecified atom stereocenters. The van der Waals surface area contributed by atoms with Gasteiger partial charge >= 0.3 is 0 Å². The Kier molecular flexibility index (Phi) is 8.87. The van der Waals surface area contributed by atoms with Crippen molar-refractivity contribution < 1.29 is 19.0 Å². The summed E-state index contributed by atoms with van der Waals surface area (Å²) in [5, 5.41) is 12.7. The number of thioether (sulfide) groups is 1. The molecule has 0 saturated heterocycles. The van der Waals surface area contributed by atoms with Crippen molar-refractivity contribution >= 4 is 46.6 Å². The summed E-state index contributed by atoms with van der Waals surface area (Å²) in [6.45, 7) is 4.34. The van der Waals surface area contributed by atoms with Gasteiger partial charge in [0, 0.05) is 23.7 Å². The van der Waals surface area contributed by atoms with Crippen LogP contribution in [0.2, 0.25) is 10.0 Å². The number of carbonyl (C=O) groups is 1. The van der Waals surface area contributed by atoms with Gasteiger partial charge in [-0.1, -0.05) is 41.0 Å². The maximum Gasteiger partial charge on any atom is 0.234 e. The third-order valence-corrected chi connectivity index (χ3v) is 5.88. The van der Waals surface area contributed by atoms with Crippen LogP contribution >= 0.6 is 35.0 Å². The van der Waals surface area contributed by atoms with E-state index < -0.39 is 0 Å². The molecule has 3 rings (SSSR count). The van der Waals surface area contributed by atoms with Crippen LogP contribution in [-0.2, 0) is 17.9 Å². The first-order chi connectivity index (χ1) is 15.9. The lowest BCUT2D eigenvalue weighted by Gasteiger charge is -2.12. The molecule has 1 aromatic heterocycles. The monoisotopic (exact) mass is 508 g/mol. The number of nitrogens with one attached hydrogen (secondary N) is 1. The van der Waals surface area contributed by atoms with Crippen LogP contribution in [0.3, 0.4) is 0 Å². The Hall–Kier alpha value is -2.88. The van der Waals surface area contributed by atoms with E-state index in [1.807, 2.05) is 4.57 Å². The molecule has 0 radical (unpaired) electrons. The van der Waals surface area contributed by atoms with Gasteiger partial charge in [-0.3, -0.25) is 9.36 Å². The van der Waals surface area contributed by atoms with E-state index in [0.29, 0.717) is 50.5 Å². The number of hydrogen-bond donors (Lipinski definition) is 1. The Labute approximate surface area is 205 Å². The maximum atomic E-state index is 12.6. The Morgan fingerprint density at radius 2 is 1.97 bits per heavy atom. The van der Waals surface area contributed by atoms with Crippen LogP contribution in [-0.4, -0.2) is 40.6 Å². The van der Waals surface area contributed by atoms with Gasteiger partial charge in [-0.25, -0.2) is 0 Å². The molecule has 2 aromatic carbocycles. The van der Waals surface area contributed by atoms with E-state index in [1.54, 1.807) is 49.6 Å². The van der Waals surface area contributed by atoms with Crippen LogP contribution in [0.25, 0.3) is 0 Å². The zero-order chi connectivity index (χ0) is 23.8. The predicted molar refractivity (Wildman–Crippen MR) is 130 cm³/mol. The standard InChI is InChI=1S/C22H22Cl2N4O4S/c1-4-9-28-20(12-32-19-10-14(23)5-7-16(19)24)26-27-22(28)33-13-21(29)25-17-11-15(30-2)6-8-18(17)31-3/h4-8,10-11H,1,9,12-13H2,2-3H3,(H,25,29). The highest BCUT2D eigenvalue weighted by Gasteiger charge is 2.16. The van der Waals surface area contributed by atoms with Crippen molar-refractivity contribution in [2.24, 2.45) is 0 Å². The molecule has 0 fully saturated rings. The van der Waals surface area contributed by atoms with E-state index in [0.717, 1.165) is 0 Å². The van der Waals surface area contributed by atoms with Crippen LogP contribution in [0.15, 0.2) is 54.2 Å². The van der Waals surface area contributed by atoms with E-state index in [-0.39, 0.29) is 18.3 Å². The molecule has 0 spiro atoms. The van der Waals surface area contributed by atoms with Crippen LogP contribution in [0.4, 0.5) is 5.69 Å². The summed E-state index contributed by atoms with van der Waals surface area (Å²) in [4.78, 5) is 12.6. The lowest BCUT2D eigenvalue weighted by molar-refractivity contribution is -0.113. The van der Waals surface area contributed by atoms with Gasteiger partial charge in [0.25, 0.3) is 0 Å². The summed E-state index contributed by atoms with van der Waals surface area (Å²) >= 11 is 13.4. The lowest BCUT2D eigenvalue weighted by Crippen LogP contribution is -2.15. The highest BCUT2D eigenvalue weighted by atomic mass is 35.5. The molecule has 1 amide bonds. The molecule has 0 saturated carbocycles. The SMILES string of the molecule is C=CCn1c(COc2cc(Cl)ccc2Cl)nnc1SCC(=O)Nc1cc(OC)ccc1OC. The predicted octanol–water partition coefficient (Wildman–Crippen LogP) is 5.10. The fourth-order valence-corrected chi connectivity index (χ4v) is 3.90. The van der Waals surface area contributed by atoms with Gasteiger partial charge in [-0.2, -0.15) is 0 Å². The average Bonchev–Trinajstić information content (AvgIpc) is 3.19. The first-order valence-corrected chi connectivity index (χ1v) is 11.4. The van der Waals surface area contributed by atoms with Gasteiger partial charge in [-0.15, -0.1) is 16.8 Å². The second kappa shape index (κ2) is 11.8. The summed E-state index contributed by atoms with van der Waals surface area (Å²) in [6.07, 6.45) is 1.71.